The van der Waals surface area contributed by atoms with E-state index < -0.39 is 0 Å². The van der Waals surface area contributed by atoms with Crippen molar-refractivity contribution in [2.75, 3.05) is 52.7 Å². The number of aliphatic imine (C=N–C) groups is 1. The minimum atomic E-state index is 0.136. The number of hydrogen-bond donors (Lipinski definition) is 2. The van der Waals surface area contributed by atoms with Crippen LogP contribution in [0.5, 0.6) is 5.75 Å². The van der Waals surface area contributed by atoms with Gasteiger partial charge < -0.3 is 29.6 Å². The molecule has 2 N–H and O–H groups in total. The van der Waals surface area contributed by atoms with Gasteiger partial charge in [-0.25, -0.2) is 4.99 Å². The summed E-state index contributed by atoms with van der Waals surface area (Å²) in [7, 11) is 0. The smallest absolute Gasteiger partial charge is 0.191 e. The van der Waals surface area contributed by atoms with Crippen molar-refractivity contribution in [1.82, 2.24) is 10.6 Å². The number of nitrogens with zero attached hydrogens (tertiary/aromatic N) is 1. The van der Waals surface area contributed by atoms with Gasteiger partial charge in [0.15, 0.2) is 5.96 Å². The van der Waals surface area contributed by atoms with Gasteiger partial charge in [-0.3, -0.25) is 0 Å². The highest BCUT2D eigenvalue weighted by Crippen LogP contribution is 2.24. The second kappa shape index (κ2) is 13.6. The van der Waals surface area contributed by atoms with Crippen molar-refractivity contribution < 1.29 is 18.9 Å². The predicted octanol–water partition coefficient (Wildman–Crippen LogP) is 3.05. The molecule has 0 aliphatic carbocycles. The fraction of sp³-hybridized carbons (Fsp3) is 0.708. The molecule has 7 nitrogen and oxygen atoms in total. The molecule has 7 heteroatoms. The second-order valence-corrected chi connectivity index (χ2v) is 8.32. The molecule has 0 amide bonds. The Morgan fingerprint density at radius 3 is 2.74 bits per heavy atom. The van der Waals surface area contributed by atoms with Gasteiger partial charge in [-0.15, -0.1) is 0 Å². The zero-order valence-electron chi connectivity index (χ0n) is 19.2. The molecule has 0 spiro atoms. The fourth-order valence-corrected chi connectivity index (χ4v) is 3.74. The Hall–Kier alpha value is -1.83. The molecule has 0 bridgehead atoms. The zero-order chi connectivity index (χ0) is 21.7. The molecule has 2 saturated heterocycles. The van der Waals surface area contributed by atoms with Crippen molar-refractivity contribution in [2.24, 2.45) is 10.9 Å². The number of guanidine groups is 1. The summed E-state index contributed by atoms with van der Waals surface area (Å²) >= 11 is 0. The first kappa shape index (κ1) is 23.8. The molecule has 1 atom stereocenters. The normalized spacial score (nSPS) is 20.1. The molecular weight excluding hydrogens is 394 g/mol. The highest BCUT2D eigenvalue weighted by molar-refractivity contribution is 5.79. The first-order valence-electron chi connectivity index (χ1n) is 11.8. The van der Waals surface area contributed by atoms with Crippen molar-refractivity contribution in [3.8, 4) is 5.75 Å². The summed E-state index contributed by atoms with van der Waals surface area (Å²) in [6.45, 7) is 11.2. The van der Waals surface area contributed by atoms with E-state index in [2.05, 4.69) is 42.7 Å². The summed E-state index contributed by atoms with van der Waals surface area (Å²) in [6.07, 6.45) is 4.27. The van der Waals surface area contributed by atoms with E-state index >= 15 is 0 Å². The molecule has 1 unspecified atom stereocenters. The van der Waals surface area contributed by atoms with E-state index in [0.29, 0.717) is 19.1 Å². The van der Waals surface area contributed by atoms with Crippen LogP contribution in [0.15, 0.2) is 23.2 Å². The monoisotopic (exact) mass is 433 g/mol. The number of nitrogens with one attached hydrogen (secondary N) is 2. The molecule has 1 aromatic carbocycles. The first-order valence-corrected chi connectivity index (χ1v) is 11.8. The third kappa shape index (κ3) is 8.67. The fourth-order valence-electron chi connectivity index (χ4n) is 3.74. The van der Waals surface area contributed by atoms with Crippen LogP contribution in [0.1, 0.15) is 43.7 Å². The first-order chi connectivity index (χ1) is 15.2. The van der Waals surface area contributed by atoms with Crippen molar-refractivity contribution in [3.05, 3.63) is 29.3 Å². The van der Waals surface area contributed by atoms with Gasteiger partial charge in [-0.1, -0.05) is 12.1 Å². The summed E-state index contributed by atoms with van der Waals surface area (Å²) in [5, 5.41) is 6.73. The van der Waals surface area contributed by atoms with Gasteiger partial charge in [0.05, 0.1) is 19.8 Å². The number of ether oxygens (including phenoxy) is 4. The third-order valence-electron chi connectivity index (χ3n) is 5.61. The molecular formula is C24H39N3O4. The van der Waals surface area contributed by atoms with Crippen LogP contribution in [0.25, 0.3) is 0 Å². The topological polar surface area (TPSA) is 73.3 Å². The van der Waals surface area contributed by atoms with Crippen LogP contribution in [-0.2, 0) is 20.8 Å². The lowest BCUT2D eigenvalue weighted by molar-refractivity contribution is 0.0203. The predicted molar refractivity (Wildman–Crippen MR) is 123 cm³/mol. The van der Waals surface area contributed by atoms with Crippen molar-refractivity contribution in [1.29, 1.82) is 0 Å². The zero-order valence-corrected chi connectivity index (χ0v) is 19.2. The Morgan fingerprint density at radius 2 is 1.97 bits per heavy atom. The van der Waals surface area contributed by atoms with E-state index in [-0.39, 0.29) is 6.10 Å². The van der Waals surface area contributed by atoms with Gasteiger partial charge in [0.2, 0.25) is 0 Å². The highest BCUT2D eigenvalue weighted by Gasteiger charge is 2.18. The maximum Gasteiger partial charge on any atom is 0.191 e. The third-order valence-corrected chi connectivity index (χ3v) is 5.61. The molecule has 2 fully saturated rings. The lowest BCUT2D eigenvalue weighted by atomic mass is 10.0. The van der Waals surface area contributed by atoms with Crippen LogP contribution in [-0.4, -0.2) is 64.8 Å². The average molecular weight is 434 g/mol. The summed E-state index contributed by atoms with van der Waals surface area (Å²) < 4.78 is 22.9. The van der Waals surface area contributed by atoms with Gasteiger partial charge >= 0.3 is 0 Å². The molecule has 31 heavy (non-hydrogen) atoms. The van der Waals surface area contributed by atoms with Crippen LogP contribution in [0.3, 0.4) is 0 Å². The lowest BCUT2D eigenvalue weighted by Crippen LogP contribution is -2.38. The van der Waals surface area contributed by atoms with Gasteiger partial charge in [0.1, 0.15) is 11.9 Å². The van der Waals surface area contributed by atoms with Crippen LogP contribution in [0.4, 0.5) is 0 Å². The van der Waals surface area contributed by atoms with Crippen molar-refractivity contribution >= 4 is 5.96 Å². The van der Waals surface area contributed by atoms with E-state index in [1.54, 1.807) is 0 Å². The number of rotatable bonds is 11. The highest BCUT2D eigenvalue weighted by atomic mass is 16.5. The summed E-state index contributed by atoms with van der Waals surface area (Å²) in [5.74, 6) is 2.39. The standard InChI is InChI=1S/C24H39N3O4/c1-3-25-24(26-10-4-11-29-17-20-7-12-28-13-8-20)27-16-21-6-5-19(2)15-23(21)31-22-9-14-30-18-22/h5-6,15,20,22H,3-4,7-14,16-18H2,1-2H3,(H2,25,26,27). The summed E-state index contributed by atoms with van der Waals surface area (Å²) in [4.78, 5) is 4.77. The SMILES string of the molecule is CCNC(=NCc1ccc(C)cc1OC1CCOC1)NCCCOCC1CCOCC1. The van der Waals surface area contributed by atoms with Crippen LogP contribution < -0.4 is 15.4 Å². The summed E-state index contributed by atoms with van der Waals surface area (Å²) in [5.41, 5.74) is 2.28. The number of aryl methyl sites for hydroxylation is 1. The lowest BCUT2D eigenvalue weighted by Gasteiger charge is -2.21. The molecule has 1 aromatic rings. The van der Waals surface area contributed by atoms with Gasteiger partial charge in [0, 0.05) is 51.5 Å². The maximum atomic E-state index is 6.20. The van der Waals surface area contributed by atoms with Crippen molar-refractivity contribution in [2.45, 2.75) is 52.2 Å². The Bertz CT molecular complexity index is 671. The maximum absolute atomic E-state index is 6.20. The second-order valence-electron chi connectivity index (χ2n) is 8.32. The molecule has 3 rings (SSSR count). The molecule has 0 radical (unpaired) electrons. The van der Waals surface area contributed by atoms with Crippen LogP contribution >= 0.6 is 0 Å². The Balaban J connectivity index is 1.43. The van der Waals surface area contributed by atoms with E-state index in [0.717, 1.165) is 89.1 Å². The molecule has 0 saturated carbocycles. The average Bonchev–Trinajstić information content (AvgIpc) is 3.29. The summed E-state index contributed by atoms with van der Waals surface area (Å²) in [6, 6.07) is 6.32. The molecule has 2 heterocycles. The van der Waals surface area contributed by atoms with Gasteiger partial charge in [0.25, 0.3) is 0 Å². The number of hydrogen-bond acceptors (Lipinski definition) is 5. The minimum absolute atomic E-state index is 0.136. The quantitative estimate of drug-likeness (QED) is 0.317. The minimum Gasteiger partial charge on any atom is -0.488 e. The number of benzene rings is 1. The molecule has 2 aliphatic rings. The Morgan fingerprint density at radius 1 is 1.13 bits per heavy atom. The van der Waals surface area contributed by atoms with Crippen LogP contribution in [0.2, 0.25) is 0 Å². The molecule has 174 valence electrons. The van der Waals surface area contributed by atoms with Crippen LogP contribution in [0, 0.1) is 12.8 Å². The largest absolute Gasteiger partial charge is 0.488 e. The Kier molecular flexibility index (Phi) is 10.4. The Labute approximate surface area is 186 Å². The van der Waals surface area contributed by atoms with E-state index in [1.165, 1.54) is 5.56 Å². The molecule has 0 aromatic heterocycles. The van der Waals surface area contributed by atoms with E-state index in [4.69, 9.17) is 23.9 Å². The molecule has 2 aliphatic heterocycles. The van der Waals surface area contributed by atoms with E-state index in [1.807, 2.05) is 0 Å². The van der Waals surface area contributed by atoms with E-state index in [9.17, 15) is 0 Å². The van der Waals surface area contributed by atoms with Gasteiger partial charge in [-0.05, 0) is 50.7 Å². The van der Waals surface area contributed by atoms with Gasteiger partial charge in [-0.2, -0.15) is 0 Å². The van der Waals surface area contributed by atoms with Crippen molar-refractivity contribution in [3.63, 3.8) is 0 Å².